The molecule has 27 heavy (non-hydrogen) atoms. The molecular formula is C19H25N7O. The SMILES string of the molecule is CCNC(=NCc1ccccc1-n1nc(C)cc1C)NCc1nc(C)no1. The maximum absolute atomic E-state index is 5.13. The molecule has 2 heterocycles. The summed E-state index contributed by atoms with van der Waals surface area (Å²) >= 11 is 0. The summed E-state index contributed by atoms with van der Waals surface area (Å²) in [5, 5.41) is 14.8. The molecule has 0 fully saturated rings. The Kier molecular flexibility index (Phi) is 5.85. The lowest BCUT2D eigenvalue weighted by Crippen LogP contribution is -2.36. The van der Waals surface area contributed by atoms with E-state index in [0.717, 1.165) is 29.2 Å². The number of hydrogen-bond donors (Lipinski definition) is 2. The summed E-state index contributed by atoms with van der Waals surface area (Å²) in [7, 11) is 0. The summed E-state index contributed by atoms with van der Waals surface area (Å²) in [6, 6.07) is 10.2. The van der Waals surface area contributed by atoms with E-state index in [-0.39, 0.29) is 0 Å². The van der Waals surface area contributed by atoms with Crippen LogP contribution in [0.2, 0.25) is 0 Å². The largest absolute Gasteiger partial charge is 0.357 e. The molecule has 8 nitrogen and oxygen atoms in total. The molecule has 142 valence electrons. The van der Waals surface area contributed by atoms with Crippen LogP contribution in [-0.4, -0.2) is 32.4 Å². The first-order valence-electron chi connectivity index (χ1n) is 8.99. The topological polar surface area (TPSA) is 93.2 Å². The third-order valence-corrected chi connectivity index (χ3v) is 3.96. The Balaban J connectivity index is 1.77. The number of hydrogen-bond acceptors (Lipinski definition) is 5. The molecule has 0 amide bonds. The van der Waals surface area contributed by atoms with Crippen LogP contribution in [0.1, 0.15) is 35.6 Å². The zero-order valence-electron chi connectivity index (χ0n) is 16.2. The fourth-order valence-corrected chi connectivity index (χ4v) is 2.80. The molecule has 0 bridgehead atoms. The summed E-state index contributed by atoms with van der Waals surface area (Å²) in [5.41, 5.74) is 4.22. The molecule has 0 spiro atoms. The lowest BCUT2D eigenvalue weighted by molar-refractivity contribution is 0.371. The lowest BCUT2D eigenvalue weighted by Gasteiger charge is -2.12. The van der Waals surface area contributed by atoms with Crippen LogP contribution in [0.4, 0.5) is 0 Å². The Hall–Kier alpha value is -3.16. The van der Waals surface area contributed by atoms with Crippen molar-refractivity contribution in [2.45, 2.75) is 40.8 Å². The zero-order valence-corrected chi connectivity index (χ0v) is 16.2. The average Bonchev–Trinajstić information content (AvgIpc) is 3.22. The number of nitrogens with zero attached hydrogens (tertiary/aromatic N) is 5. The van der Waals surface area contributed by atoms with Crippen LogP contribution in [0.15, 0.2) is 39.8 Å². The van der Waals surface area contributed by atoms with Gasteiger partial charge < -0.3 is 15.2 Å². The Morgan fingerprint density at radius 2 is 2.00 bits per heavy atom. The quantitative estimate of drug-likeness (QED) is 0.513. The van der Waals surface area contributed by atoms with Crippen LogP contribution in [0, 0.1) is 20.8 Å². The molecule has 0 aliphatic carbocycles. The number of aryl methyl sites for hydroxylation is 3. The Bertz CT molecular complexity index is 926. The van der Waals surface area contributed by atoms with Gasteiger partial charge in [-0.05, 0) is 45.4 Å². The standard InChI is InChI=1S/C19H25N7O/c1-5-20-19(22-12-18-23-15(4)25-27-18)21-11-16-8-6-7-9-17(16)26-14(3)10-13(2)24-26/h6-10H,5,11-12H2,1-4H3,(H2,20,21,22). The number of rotatable bonds is 6. The molecular weight excluding hydrogens is 342 g/mol. The maximum atomic E-state index is 5.13. The highest BCUT2D eigenvalue weighted by atomic mass is 16.5. The fraction of sp³-hybridized carbons (Fsp3) is 0.368. The van der Waals surface area contributed by atoms with Crippen molar-refractivity contribution in [3.63, 3.8) is 0 Å². The van der Waals surface area contributed by atoms with E-state index in [9.17, 15) is 0 Å². The van der Waals surface area contributed by atoms with Crippen LogP contribution in [0.25, 0.3) is 5.69 Å². The molecule has 0 aliphatic rings. The van der Waals surface area contributed by atoms with Crippen LogP contribution < -0.4 is 10.6 Å². The van der Waals surface area contributed by atoms with Gasteiger partial charge in [-0.2, -0.15) is 10.1 Å². The molecule has 2 N–H and O–H groups in total. The van der Waals surface area contributed by atoms with Gasteiger partial charge in [0.2, 0.25) is 5.89 Å². The molecule has 0 radical (unpaired) electrons. The zero-order chi connectivity index (χ0) is 19.2. The van der Waals surface area contributed by atoms with Gasteiger partial charge in [-0.3, -0.25) is 0 Å². The van der Waals surface area contributed by atoms with E-state index in [2.05, 4.69) is 51.0 Å². The van der Waals surface area contributed by atoms with Crippen molar-refractivity contribution in [2.75, 3.05) is 6.54 Å². The average molecular weight is 367 g/mol. The lowest BCUT2D eigenvalue weighted by atomic mass is 10.2. The monoisotopic (exact) mass is 367 g/mol. The van der Waals surface area contributed by atoms with Gasteiger partial charge in [0.15, 0.2) is 11.8 Å². The van der Waals surface area contributed by atoms with Crippen molar-refractivity contribution in [1.29, 1.82) is 0 Å². The fourth-order valence-electron chi connectivity index (χ4n) is 2.80. The number of nitrogens with one attached hydrogen (secondary N) is 2. The van der Waals surface area contributed by atoms with E-state index < -0.39 is 0 Å². The van der Waals surface area contributed by atoms with E-state index in [1.54, 1.807) is 6.92 Å². The van der Waals surface area contributed by atoms with Crippen LogP contribution in [0.3, 0.4) is 0 Å². The molecule has 0 saturated carbocycles. The summed E-state index contributed by atoms with van der Waals surface area (Å²) in [4.78, 5) is 8.88. The first-order valence-corrected chi connectivity index (χ1v) is 8.99. The minimum atomic E-state index is 0.422. The highest BCUT2D eigenvalue weighted by Gasteiger charge is 2.09. The second kappa shape index (κ2) is 8.48. The third kappa shape index (κ3) is 4.72. The predicted molar refractivity (Wildman–Crippen MR) is 104 cm³/mol. The predicted octanol–water partition coefficient (Wildman–Crippen LogP) is 2.44. The first-order chi connectivity index (χ1) is 13.1. The molecule has 2 aromatic heterocycles. The van der Waals surface area contributed by atoms with Crippen molar-refractivity contribution in [1.82, 2.24) is 30.6 Å². The van der Waals surface area contributed by atoms with Gasteiger partial charge in [0.05, 0.1) is 24.5 Å². The van der Waals surface area contributed by atoms with Gasteiger partial charge in [-0.15, -0.1) is 0 Å². The van der Waals surface area contributed by atoms with Gasteiger partial charge in [0, 0.05) is 12.2 Å². The minimum Gasteiger partial charge on any atom is -0.357 e. The number of guanidine groups is 1. The molecule has 3 rings (SSSR count). The molecule has 8 heteroatoms. The van der Waals surface area contributed by atoms with Crippen molar-refractivity contribution in [3.05, 3.63) is 59.0 Å². The summed E-state index contributed by atoms with van der Waals surface area (Å²) in [6.45, 7) is 9.57. The number of benzene rings is 1. The molecule has 0 aliphatic heterocycles. The molecule has 0 atom stereocenters. The number of aliphatic imine (C=N–C) groups is 1. The van der Waals surface area contributed by atoms with E-state index in [0.29, 0.717) is 30.8 Å². The molecule has 0 saturated heterocycles. The molecule has 0 unspecified atom stereocenters. The summed E-state index contributed by atoms with van der Waals surface area (Å²) in [5.74, 6) is 1.84. The smallest absolute Gasteiger partial charge is 0.246 e. The normalized spacial score (nSPS) is 11.6. The maximum Gasteiger partial charge on any atom is 0.246 e. The van der Waals surface area contributed by atoms with E-state index in [4.69, 9.17) is 9.52 Å². The first kappa shape index (κ1) is 18.6. The van der Waals surface area contributed by atoms with E-state index in [1.807, 2.05) is 30.7 Å². The van der Waals surface area contributed by atoms with Gasteiger partial charge in [-0.1, -0.05) is 23.4 Å². The van der Waals surface area contributed by atoms with Crippen LogP contribution >= 0.6 is 0 Å². The minimum absolute atomic E-state index is 0.422. The van der Waals surface area contributed by atoms with Gasteiger partial charge in [0.25, 0.3) is 0 Å². The highest BCUT2D eigenvalue weighted by Crippen LogP contribution is 2.17. The Morgan fingerprint density at radius 3 is 2.67 bits per heavy atom. The van der Waals surface area contributed by atoms with Crippen molar-refractivity contribution in [2.24, 2.45) is 4.99 Å². The second-order valence-corrected chi connectivity index (χ2v) is 6.25. The molecule has 3 aromatic rings. The van der Waals surface area contributed by atoms with E-state index in [1.165, 1.54) is 0 Å². The van der Waals surface area contributed by atoms with Crippen molar-refractivity contribution in [3.8, 4) is 5.69 Å². The highest BCUT2D eigenvalue weighted by molar-refractivity contribution is 5.79. The van der Waals surface area contributed by atoms with Crippen molar-refractivity contribution < 1.29 is 4.52 Å². The van der Waals surface area contributed by atoms with Gasteiger partial charge in [0.1, 0.15) is 0 Å². The Morgan fingerprint density at radius 1 is 1.19 bits per heavy atom. The number of aromatic nitrogens is 4. The summed E-state index contributed by atoms with van der Waals surface area (Å²) in [6.07, 6.45) is 0. The van der Waals surface area contributed by atoms with Crippen molar-refractivity contribution >= 4 is 5.96 Å². The Labute approximate surface area is 158 Å². The number of para-hydroxylation sites is 1. The second-order valence-electron chi connectivity index (χ2n) is 6.25. The summed E-state index contributed by atoms with van der Waals surface area (Å²) < 4.78 is 7.09. The van der Waals surface area contributed by atoms with Gasteiger partial charge >= 0.3 is 0 Å². The van der Waals surface area contributed by atoms with Crippen LogP contribution in [-0.2, 0) is 13.1 Å². The van der Waals surface area contributed by atoms with Gasteiger partial charge in [-0.25, -0.2) is 9.67 Å². The third-order valence-electron chi connectivity index (χ3n) is 3.96. The molecule has 1 aromatic carbocycles. The van der Waals surface area contributed by atoms with Crippen LogP contribution in [0.5, 0.6) is 0 Å². The van der Waals surface area contributed by atoms with E-state index >= 15 is 0 Å².